The number of benzene rings is 2. The Morgan fingerprint density at radius 1 is 1.04 bits per heavy atom. The summed E-state index contributed by atoms with van der Waals surface area (Å²) in [6.45, 7) is 0. The molecule has 23 heavy (non-hydrogen) atoms. The molecule has 2 aliphatic carbocycles. The fraction of sp³-hybridized carbons (Fsp3) is 0.350. The average molecular weight is 305 g/mol. The molecule has 2 saturated carbocycles. The molecule has 0 radical (unpaired) electrons. The second-order valence-corrected chi connectivity index (χ2v) is 7.06. The van der Waals surface area contributed by atoms with Crippen LogP contribution in [0.3, 0.4) is 0 Å². The van der Waals surface area contributed by atoms with E-state index in [9.17, 15) is 4.79 Å². The van der Waals surface area contributed by atoms with Crippen LogP contribution in [0.5, 0.6) is 0 Å². The molecule has 3 atom stereocenters. The molecule has 2 fully saturated rings. The number of carbonyl (C=O) groups excluding carboxylic acids is 1. The summed E-state index contributed by atoms with van der Waals surface area (Å²) in [5.74, 6) is 1.86. The van der Waals surface area contributed by atoms with Gasteiger partial charge in [-0.1, -0.05) is 36.8 Å². The number of hydrogen-bond acceptors (Lipinski definition) is 2. The molecular formula is C20H19NO2. The van der Waals surface area contributed by atoms with Gasteiger partial charge in [-0.3, -0.25) is 4.79 Å². The number of rotatable bonds is 2. The topological polar surface area (TPSA) is 42.2 Å². The summed E-state index contributed by atoms with van der Waals surface area (Å²) in [5, 5.41) is 6.52. The Hall–Kier alpha value is -2.29. The van der Waals surface area contributed by atoms with E-state index >= 15 is 0 Å². The highest BCUT2D eigenvalue weighted by Crippen LogP contribution is 2.44. The van der Waals surface area contributed by atoms with E-state index in [2.05, 4.69) is 17.4 Å². The van der Waals surface area contributed by atoms with E-state index in [4.69, 9.17) is 4.42 Å². The van der Waals surface area contributed by atoms with Crippen LogP contribution >= 0.6 is 0 Å². The molecule has 0 aliphatic heterocycles. The third kappa shape index (κ3) is 2.07. The molecule has 1 heterocycles. The molecule has 1 aromatic heterocycles. The number of hydrogen-bond donors (Lipinski definition) is 1. The fourth-order valence-corrected chi connectivity index (χ4v) is 4.57. The van der Waals surface area contributed by atoms with Gasteiger partial charge in [0.1, 0.15) is 5.58 Å². The monoisotopic (exact) mass is 305 g/mol. The third-order valence-electron chi connectivity index (χ3n) is 5.70. The highest BCUT2D eigenvalue weighted by atomic mass is 16.3. The van der Waals surface area contributed by atoms with Crippen LogP contribution in [0.25, 0.3) is 21.7 Å². The SMILES string of the molecule is O=C(NC1CC2CCC1C2)c1cc2c(ccc3ccccc32)o1. The van der Waals surface area contributed by atoms with E-state index in [0.29, 0.717) is 17.7 Å². The molecule has 116 valence electrons. The van der Waals surface area contributed by atoms with Gasteiger partial charge in [-0.05, 0) is 54.0 Å². The Labute approximate surface area is 134 Å². The molecule has 2 bridgehead atoms. The summed E-state index contributed by atoms with van der Waals surface area (Å²) in [7, 11) is 0. The summed E-state index contributed by atoms with van der Waals surface area (Å²) in [6.07, 6.45) is 5.03. The molecule has 0 spiro atoms. The smallest absolute Gasteiger partial charge is 0.287 e. The van der Waals surface area contributed by atoms with Crippen LogP contribution in [0.4, 0.5) is 0 Å². The average Bonchev–Trinajstić information content (AvgIpc) is 3.29. The summed E-state index contributed by atoms with van der Waals surface area (Å²) in [6, 6.07) is 14.4. The van der Waals surface area contributed by atoms with Crippen LogP contribution < -0.4 is 5.32 Å². The van der Waals surface area contributed by atoms with Crippen molar-refractivity contribution in [2.45, 2.75) is 31.7 Å². The predicted octanol–water partition coefficient (Wildman–Crippen LogP) is 4.50. The minimum absolute atomic E-state index is 0.0668. The number of amides is 1. The Morgan fingerprint density at radius 2 is 1.96 bits per heavy atom. The summed E-state index contributed by atoms with van der Waals surface area (Å²) >= 11 is 0. The van der Waals surface area contributed by atoms with E-state index in [0.717, 1.165) is 28.7 Å². The van der Waals surface area contributed by atoms with Crippen LogP contribution in [0, 0.1) is 11.8 Å². The molecule has 2 aliphatic rings. The molecule has 2 aromatic carbocycles. The van der Waals surface area contributed by atoms with Crippen molar-refractivity contribution in [2.75, 3.05) is 0 Å². The highest BCUT2D eigenvalue weighted by molar-refractivity contribution is 6.08. The molecule has 3 unspecified atom stereocenters. The minimum atomic E-state index is -0.0668. The zero-order valence-corrected chi connectivity index (χ0v) is 12.9. The lowest BCUT2D eigenvalue weighted by Gasteiger charge is -2.22. The zero-order chi connectivity index (χ0) is 15.4. The van der Waals surface area contributed by atoms with Gasteiger partial charge in [-0.25, -0.2) is 0 Å². The van der Waals surface area contributed by atoms with Crippen molar-refractivity contribution in [1.29, 1.82) is 0 Å². The van der Waals surface area contributed by atoms with Gasteiger partial charge >= 0.3 is 0 Å². The van der Waals surface area contributed by atoms with Crippen LogP contribution in [0.15, 0.2) is 46.9 Å². The van der Waals surface area contributed by atoms with Crippen molar-refractivity contribution in [3.8, 4) is 0 Å². The zero-order valence-electron chi connectivity index (χ0n) is 12.9. The first-order valence-corrected chi connectivity index (χ1v) is 8.50. The number of nitrogens with one attached hydrogen (secondary N) is 1. The van der Waals surface area contributed by atoms with Crippen molar-refractivity contribution >= 4 is 27.6 Å². The van der Waals surface area contributed by atoms with Gasteiger partial charge < -0.3 is 9.73 Å². The maximum absolute atomic E-state index is 12.6. The van der Waals surface area contributed by atoms with Crippen molar-refractivity contribution in [3.05, 3.63) is 48.2 Å². The summed E-state index contributed by atoms with van der Waals surface area (Å²) in [4.78, 5) is 12.6. The summed E-state index contributed by atoms with van der Waals surface area (Å²) < 4.78 is 5.82. The molecule has 3 heteroatoms. The van der Waals surface area contributed by atoms with Crippen molar-refractivity contribution in [2.24, 2.45) is 11.8 Å². The van der Waals surface area contributed by atoms with Gasteiger partial charge in [-0.15, -0.1) is 0 Å². The largest absolute Gasteiger partial charge is 0.451 e. The number of fused-ring (bicyclic) bond motifs is 5. The Kier molecular flexibility index (Phi) is 2.78. The van der Waals surface area contributed by atoms with E-state index in [-0.39, 0.29) is 5.91 Å². The standard InChI is InChI=1S/C20H19NO2/c22-20(21-17-10-12-5-6-14(17)9-12)19-11-16-15-4-2-1-3-13(15)7-8-18(16)23-19/h1-4,7-8,11-12,14,17H,5-6,9-10H2,(H,21,22). The molecule has 5 rings (SSSR count). The fourth-order valence-electron chi connectivity index (χ4n) is 4.57. The quantitative estimate of drug-likeness (QED) is 0.757. The van der Waals surface area contributed by atoms with Gasteiger partial charge in [0.05, 0.1) is 0 Å². The Balaban J connectivity index is 1.48. The van der Waals surface area contributed by atoms with E-state index < -0.39 is 0 Å². The highest BCUT2D eigenvalue weighted by Gasteiger charge is 2.40. The first-order valence-electron chi connectivity index (χ1n) is 8.50. The van der Waals surface area contributed by atoms with E-state index in [1.54, 1.807) is 0 Å². The first-order chi connectivity index (χ1) is 11.3. The maximum Gasteiger partial charge on any atom is 0.287 e. The van der Waals surface area contributed by atoms with Crippen LogP contribution in [0.2, 0.25) is 0 Å². The van der Waals surface area contributed by atoms with E-state index in [1.165, 1.54) is 24.6 Å². The Bertz CT molecular complexity index is 910. The van der Waals surface area contributed by atoms with Gasteiger partial charge in [0, 0.05) is 11.4 Å². The Morgan fingerprint density at radius 3 is 2.78 bits per heavy atom. The van der Waals surface area contributed by atoms with Crippen LogP contribution in [-0.2, 0) is 0 Å². The maximum atomic E-state index is 12.6. The minimum Gasteiger partial charge on any atom is -0.451 e. The second-order valence-electron chi connectivity index (χ2n) is 7.06. The normalized spacial score (nSPS) is 26.2. The number of carbonyl (C=O) groups is 1. The molecule has 0 saturated heterocycles. The predicted molar refractivity (Wildman–Crippen MR) is 90.4 cm³/mol. The van der Waals surface area contributed by atoms with Crippen LogP contribution in [-0.4, -0.2) is 11.9 Å². The van der Waals surface area contributed by atoms with Crippen molar-refractivity contribution in [1.82, 2.24) is 5.32 Å². The lowest BCUT2D eigenvalue weighted by Crippen LogP contribution is -2.38. The first kappa shape index (κ1) is 13.2. The van der Waals surface area contributed by atoms with Gasteiger partial charge in [0.15, 0.2) is 5.76 Å². The number of furan rings is 1. The molecule has 1 amide bonds. The second kappa shape index (κ2) is 4.85. The molecule has 1 N–H and O–H groups in total. The lowest BCUT2D eigenvalue weighted by atomic mass is 9.95. The van der Waals surface area contributed by atoms with E-state index in [1.807, 2.05) is 30.3 Å². The summed E-state index contributed by atoms with van der Waals surface area (Å²) in [5.41, 5.74) is 0.779. The lowest BCUT2D eigenvalue weighted by molar-refractivity contribution is 0.0897. The molecular weight excluding hydrogens is 286 g/mol. The third-order valence-corrected chi connectivity index (χ3v) is 5.70. The van der Waals surface area contributed by atoms with Crippen molar-refractivity contribution < 1.29 is 9.21 Å². The van der Waals surface area contributed by atoms with Gasteiger partial charge in [0.2, 0.25) is 0 Å². The van der Waals surface area contributed by atoms with Crippen molar-refractivity contribution in [3.63, 3.8) is 0 Å². The molecule has 3 nitrogen and oxygen atoms in total. The van der Waals surface area contributed by atoms with Gasteiger partial charge in [-0.2, -0.15) is 0 Å². The molecule has 3 aromatic rings. The van der Waals surface area contributed by atoms with Crippen LogP contribution in [0.1, 0.15) is 36.2 Å². The van der Waals surface area contributed by atoms with Gasteiger partial charge in [0.25, 0.3) is 5.91 Å².